The Hall–Kier alpha value is -3.72. The molecular weight excluding hydrogens is 492 g/mol. The number of thiophene rings is 1. The lowest BCUT2D eigenvalue weighted by molar-refractivity contribution is -0.135. The molecule has 3 aromatic rings. The molecule has 0 saturated heterocycles. The summed E-state index contributed by atoms with van der Waals surface area (Å²) < 4.78 is 22.3. The van der Waals surface area contributed by atoms with Crippen molar-refractivity contribution in [3.8, 4) is 23.0 Å². The average molecular weight is 521 g/mol. The molecule has 8 nitrogen and oxygen atoms in total. The van der Waals surface area contributed by atoms with E-state index in [4.69, 9.17) is 18.9 Å². The lowest BCUT2D eigenvalue weighted by atomic mass is 10.0. The van der Waals surface area contributed by atoms with Gasteiger partial charge in [0, 0.05) is 29.1 Å². The zero-order valence-corrected chi connectivity index (χ0v) is 21.4. The van der Waals surface area contributed by atoms with Crippen molar-refractivity contribution < 1.29 is 28.5 Å². The zero-order valence-electron chi connectivity index (χ0n) is 20.6. The van der Waals surface area contributed by atoms with Crippen molar-refractivity contribution in [3.05, 3.63) is 69.9 Å². The Morgan fingerprint density at radius 2 is 1.92 bits per heavy atom. The summed E-state index contributed by atoms with van der Waals surface area (Å²) in [5.74, 6) is 2.36. The molecule has 2 amide bonds. The van der Waals surface area contributed by atoms with Gasteiger partial charge in [-0.1, -0.05) is 6.07 Å². The van der Waals surface area contributed by atoms with E-state index in [9.17, 15) is 9.59 Å². The van der Waals surface area contributed by atoms with Crippen molar-refractivity contribution >= 4 is 23.2 Å². The summed E-state index contributed by atoms with van der Waals surface area (Å²) in [5.41, 5.74) is 1.62. The molecule has 0 unspecified atom stereocenters. The van der Waals surface area contributed by atoms with E-state index in [-0.39, 0.29) is 37.2 Å². The molecule has 3 aliphatic rings. The molecule has 1 saturated carbocycles. The van der Waals surface area contributed by atoms with E-state index in [0.29, 0.717) is 41.7 Å². The minimum atomic E-state index is -0.226. The molecule has 0 bridgehead atoms. The number of rotatable bonds is 8. The highest BCUT2D eigenvalue weighted by atomic mass is 32.1. The predicted molar refractivity (Wildman–Crippen MR) is 138 cm³/mol. The molecule has 37 heavy (non-hydrogen) atoms. The lowest BCUT2D eigenvalue weighted by Gasteiger charge is -2.37. The lowest BCUT2D eigenvalue weighted by Crippen LogP contribution is -2.48. The number of hydrogen-bond acceptors (Lipinski definition) is 7. The van der Waals surface area contributed by atoms with Crippen molar-refractivity contribution in [3.63, 3.8) is 0 Å². The van der Waals surface area contributed by atoms with E-state index in [1.165, 1.54) is 4.88 Å². The van der Waals surface area contributed by atoms with Crippen molar-refractivity contribution in [2.45, 2.75) is 31.3 Å². The van der Waals surface area contributed by atoms with E-state index >= 15 is 0 Å². The monoisotopic (exact) mass is 520 g/mol. The molecule has 6 rings (SSSR count). The van der Waals surface area contributed by atoms with Crippen LogP contribution in [0.5, 0.6) is 23.0 Å². The molecule has 0 radical (unpaired) electrons. The summed E-state index contributed by atoms with van der Waals surface area (Å²) in [7, 11) is 1.62. The summed E-state index contributed by atoms with van der Waals surface area (Å²) in [5, 5.41) is 2.07. The number of nitrogens with zero attached hydrogens (tertiary/aromatic N) is 2. The first-order chi connectivity index (χ1) is 18.1. The first-order valence-electron chi connectivity index (χ1n) is 12.4. The highest BCUT2D eigenvalue weighted by molar-refractivity contribution is 7.10. The van der Waals surface area contributed by atoms with Crippen LogP contribution in [-0.2, 0) is 11.2 Å². The van der Waals surface area contributed by atoms with Crippen molar-refractivity contribution in [1.29, 1.82) is 0 Å². The molecule has 0 N–H and O–H groups in total. The first kappa shape index (κ1) is 23.7. The van der Waals surface area contributed by atoms with Crippen molar-refractivity contribution in [1.82, 2.24) is 9.80 Å². The second-order valence-corrected chi connectivity index (χ2v) is 10.4. The van der Waals surface area contributed by atoms with Crippen molar-refractivity contribution in [2.75, 3.05) is 33.6 Å². The first-order valence-corrected chi connectivity index (χ1v) is 13.3. The van der Waals surface area contributed by atoms with E-state index in [2.05, 4.69) is 11.4 Å². The van der Waals surface area contributed by atoms with Crippen LogP contribution in [0.3, 0.4) is 0 Å². The second-order valence-electron chi connectivity index (χ2n) is 9.37. The number of amides is 2. The van der Waals surface area contributed by atoms with Crippen LogP contribution in [-0.4, -0.2) is 61.3 Å². The summed E-state index contributed by atoms with van der Waals surface area (Å²) in [4.78, 5) is 32.1. The van der Waals surface area contributed by atoms with Gasteiger partial charge in [0.15, 0.2) is 11.5 Å². The summed E-state index contributed by atoms with van der Waals surface area (Å²) >= 11 is 1.71. The maximum absolute atomic E-state index is 13.7. The third kappa shape index (κ3) is 4.83. The Labute approximate surface area is 219 Å². The van der Waals surface area contributed by atoms with E-state index in [1.807, 2.05) is 29.2 Å². The van der Waals surface area contributed by atoms with E-state index in [1.54, 1.807) is 41.5 Å². The largest absolute Gasteiger partial charge is 0.497 e. The quantitative estimate of drug-likeness (QED) is 0.441. The average Bonchev–Trinajstić information content (AvgIpc) is 3.45. The molecule has 1 aromatic heterocycles. The zero-order chi connectivity index (χ0) is 25.4. The smallest absolute Gasteiger partial charge is 0.254 e. The third-order valence-electron chi connectivity index (χ3n) is 7.04. The molecule has 2 aliphatic heterocycles. The number of fused-ring (bicyclic) bond motifs is 2. The Morgan fingerprint density at radius 1 is 1.08 bits per heavy atom. The minimum Gasteiger partial charge on any atom is -0.497 e. The number of carbonyl (C=O) groups excluding carboxylic acids is 2. The Kier molecular flexibility index (Phi) is 6.38. The maximum atomic E-state index is 13.7. The highest BCUT2D eigenvalue weighted by Gasteiger charge is 2.38. The molecule has 3 heterocycles. The number of hydrogen-bond donors (Lipinski definition) is 0. The molecule has 0 spiro atoms. The van der Waals surface area contributed by atoms with Crippen LogP contribution >= 0.6 is 11.3 Å². The minimum absolute atomic E-state index is 0.0348. The Bertz CT molecular complexity index is 1320. The van der Waals surface area contributed by atoms with Crippen LogP contribution < -0.4 is 18.9 Å². The number of ether oxygens (including phenoxy) is 4. The van der Waals surface area contributed by atoms with Gasteiger partial charge in [0.05, 0.1) is 13.2 Å². The molecule has 1 fully saturated rings. The van der Waals surface area contributed by atoms with E-state index < -0.39 is 0 Å². The van der Waals surface area contributed by atoms with Gasteiger partial charge in [-0.25, -0.2) is 0 Å². The summed E-state index contributed by atoms with van der Waals surface area (Å²) in [6.45, 7) is 1.10. The van der Waals surface area contributed by atoms with Crippen LogP contribution in [0.4, 0.5) is 0 Å². The van der Waals surface area contributed by atoms with Crippen LogP contribution in [0.25, 0.3) is 0 Å². The van der Waals surface area contributed by atoms with Gasteiger partial charge in [0.2, 0.25) is 12.7 Å². The van der Waals surface area contributed by atoms with Gasteiger partial charge in [-0.15, -0.1) is 11.3 Å². The van der Waals surface area contributed by atoms with Gasteiger partial charge in [0.25, 0.3) is 5.91 Å². The van der Waals surface area contributed by atoms with E-state index in [0.717, 1.165) is 24.8 Å². The van der Waals surface area contributed by atoms with Gasteiger partial charge < -0.3 is 28.7 Å². The normalized spacial score (nSPS) is 17.8. The maximum Gasteiger partial charge on any atom is 0.254 e. The fraction of sp³-hybridized carbons (Fsp3) is 0.357. The number of carbonyl (C=O) groups is 2. The third-order valence-corrected chi connectivity index (χ3v) is 8.03. The van der Waals surface area contributed by atoms with Gasteiger partial charge in [-0.2, -0.15) is 0 Å². The fourth-order valence-corrected chi connectivity index (χ4v) is 5.85. The fourth-order valence-electron chi connectivity index (χ4n) is 4.93. The van der Waals surface area contributed by atoms with Crippen LogP contribution in [0.1, 0.15) is 39.7 Å². The van der Waals surface area contributed by atoms with Crippen LogP contribution in [0.2, 0.25) is 0 Å². The highest BCUT2D eigenvalue weighted by Crippen LogP contribution is 2.37. The molecule has 1 atom stereocenters. The Morgan fingerprint density at radius 3 is 2.76 bits per heavy atom. The number of benzene rings is 2. The summed E-state index contributed by atoms with van der Waals surface area (Å²) in [6.07, 6.45) is 2.61. The second kappa shape index (κ2) is 9.97. The van der Waals surface area contributed by atoms with Gasteiger partial charge >= 0.3 is 0 Å². The Balaban J connectivity index is 1.20. The molecular formula is C28H28N2O6S. The molecule has 1 aliphatic carbocycles. The summed E-state index contributed by atoms with van der Waals surface area (Å²) in [6, 6.07) is 14.6. The molecule has 192 valence electrons. The molecule has 2 aromatic carbocycles. The predicted octanol–water partition coefficient (Wildman–Crippen LogP) is 4.30. The molecule has 9 heteroatoms. The SMILES string of the molecule is COc1cccc(OC[C@H]2c3ccsc3CCN2C(=O)CN(C(=O)c2ccc3c(c2)OCO3)C2CC2)c1. The van der Waals surface area contributed by atoms with Crippen LogP contribution in [0, 0.1) is 0 Å². The van der Waals surface area contributed by atoms with Gasteiger partial charge in [-0.3, -0.25) is 9.59 Å². The topological polar surface area (TPSA) is 77.5 Å². The number of methoxy groups -OCH3 is 1. The van der Waals surface area contributed by atoms with Gasteiger partial charge in [0.1, 0.15) is 24.7 Å². The van der Waals surface area contributed by atoms with Crippen molar-refractivity contribution in [2.24, 2.45) is 0 Å². The van der Waals surface area contributed by atoms with Gasteiger partial charge in [-0.05, 0) is 66.6 Å². The standard InChI is InChI=1S/C28H28N2O6S/c1-33-20-3-2-4-21(14-20)34-16-23-22-10-12-37-26(22)9-11-29(23)27(31)15-30(19-6-7-19)28(32)18-5-8-24-25(13-18)36-17-35-24/h2-5,8,10,12-14,19,23H,6-7,9,11,15-17H2,1H3/t23-/m0/s1. The van der Waals surface area contributed by atoms with Crippen LogP contribution in [0.15, 0.2) is 53.9 Å².